The Morgan fingerprint density at radius 1 is 1.69 bits per heavy atom. The molecule has 1 rings (SSSR count). The van der Waals surface area contributed by atoms with E-state index in [4.69, 9.17) is 9.47 Å². The van der Waals surface area contributed by atoms with E-state index in [1.807, 2.05) is 0 Å². The second-order valence-electron chi connectivity index (χ2n) is 3.55. The number of β-amino-alcohol motifs (C(OH)–C–C–N with tert-alkyl or cyclic N) is 1. The number of nitrogens with zero attached hydrogens (tertiary/aromatic N) is 1. The molecular weight excluding hydrogens is 170 g/mol. The van der Waals surface area contributed by atoms with Crippen molar-refractivity contribution in [3.63, 3.8) is 0 Å². The molecule has 0 amide bonds. The first kappa shape index (κ1) is 10.9. The molecule has 1 N–H and O–H groups in total. The maximum atomic E-state index is 9.48. The largest absolute Gasteiger partial charge is 0.389 e. The highest BCUT2D eigenvalue weighted by Gasteiger charge is 2.18. The topological polar surface area (TPSA) is 41.9 Å². The third-order valence-corrected chi connectivity index (χ3v) is 2.15. The van der Waals surface area contributed by atoms with Crippen molar-refractivity contribution in [1.29, 1.82) is 0 Å². The summed E-state index contributed by atoms with van der Waals surface area (Å²) >= 11 is 0. The minimum atomic E-state index is -0.379. The van der Waals surface area contributed by atoms with Crippen LogP contribution >= 0.6 is 0 Å². The molecular formula is C9H19NO3. The van der Waals surface area contributed by atoms with Gasteiger partial charge in [-0.3, -0.25) is 4.90 Å². The number of rotatable bonds is 4. The number of aliphatic hydroxyl groups is 1. The Balaban J connectivity index is 2.19. The van der Waals surface area contributed by atoms with Crippen molar-refractivity contribution in [2.45, 2.75) is 19.1 Å². The van der Waals surface area contributed by atoms with Crippen LogP contribution in [0.1, 0.15) is 6.92 Å². The van der Waals surface area contributed by atoms with E-state index in [1.54, 1.807) is 7.11 Å². The van der Waals surface area contributed by atoms with Gasteiger partial charge in [-0.15, -0.1) is 0 Å². The first-order valence-electron chi connectivity index (χ1n) is 4.73. The molecule has 0 spiro atoms. The summed E-state index contributed by atoms with van der Waals surface area (Å²) in [6.07, 6.45) is -0.0983. The van der Waals surface area contributed by atoms with E-state index in [0.717, 1.165) is 19.7 Å². The lowest BCUT2D eigenvalue weighted by Gasteiger charge is -2.32. The number of methoxy groups -OCH3 is 1. The Kier molecular flexibility index (Phi) is 4.66. The minimum absolute atomic E-state index is 0.281. The van der Waals surface area contributed by atoms with Gasteiger partial charge in [0, 0.05) is 26.7 Å². The summed E-state index contributed by atoms with van der Waals surface area (Å²) in [6, 6.07) is 0. The van der Waals surface area contributed by atoms with Crippen molar-refractivity contribution in [2.24, 2.45) is 0 Å². The zero-order valence-electron chi connectivity index (χ0n) is 8.40. The lowest BCUT2D eigenvalue weighted by Crippen LogP contribution is -2.45. The van der Waals surface area contributed by atoms with Gasteiger partial charge in [-0.05, 0) is 6.92 Å². The Hall–Kier alpha value is -0.160. The van der Waals surface area contributed by atoms with Gasteiger partial charge in [0.25, 0.3) is 0 Å². The van der Waals surface area contributed by atoms with Crippen molar-refractivity contribution >= 4 is 0 Å². The summed E-state index contributed by atoms with van der Waals surface area (Å²) in [7, 11) is 1.60. The lowest BCUT2D eigenvalue weighted by atomic mass is 10.2. The average molecular weight is 189 g/mol. The molecule has 0 radical (unpaired) electrons. The van der Waals surface area contributed by atoms with Gasteiger partial charge in [0.2, 0.25) is 0 Å². The van der Waals surface area contributed by atoms with Crippen LogP contribution < -0.4 is 0 Å². The van der Waals surface area contributed by atoms with Gasteiger partial charge in [0.15, 0.2) is 0 Å². The summed E-state index contributed by atoms with van der Waals surface area (Å²) in [5.74, 6) is 0. The zero-order chi connectivity index (χ0) is 9.68. The summed E-state index contributed by atoms with van der Waals surface area (Å²) in [6.45, 7) is 5.72. The Morgan fingerprint density at radius 3 is 3.08 bits per heavy atom. The van der Waals surface area contributed by atoms with Crippen molar-refractivity contribution < 1.29 is 14.6 Å². The maximum absolute atomic E-state index is 9.48. The van der Waals surface area contributed by atoms with Gasteiger partial charge in [-0.1, -0.05) is 0 Å². The van der Waals surface area contributed by atoms with Crippen molar-refractivity contribution in [3.8, 4) is 0 Å². The fourth-order valence-electron chi connectivity index (χ4n) is 1.60. The van der Waals surface area contributed by atoms with E-state index >= 15 is 0 Å². The standard InChI is InChI=1S/C9H19NO3/c1-8-5-10(3-4-13-8)6-9(11)7-12-2/h8-9,11H,3-7H2,1-2H3/t8-,9+/m0/s1. The van der Waals surface area contributed by atoms with Crippen LogP contribution in [0.2, 0.25) is 0 Å². The highest BCUT2D eigenvalue weighted by atomic mass is 16.5. The number of ether oxygens (including phenoxy) is 2. The highest BCUT2D eigenvalue weighted by molar-refractivity contribution is 4.70. The molecule has 0 aliphatic carbocycles. The number of hydrogen-bond donors (Lipinski definition) is 1. The normalized spacial score (nSPS) is 27.5. The molecule has 78 valence electrons. The Morgan fingerprint density at radius 2 is 2.46 bits per heavy atom. The smallest absolute Gasteiger partial charge is 0.0900 e. The molecule has 4 heteroatoms. The van der Waals surface area contributed by atoms with Crippen LogP contribution in [0.3, 0.4) is 0 Å². The van der Waals surface area contributed by atoms with Crippen molar-refractivity contribution in [2.75, 3.05) is 40.0 Å². The van der Waals surface area contributed by atoms with Crippen LogP contribution in [-0.2, 0) is 9.47 Å². The molecule has 4 nitrogen and oxygen atoms in total. The molecule has 0 saturated carbocycles. The average Bonchev–Trinajstić information content (AvgIpc) is 2.04. The lowest BCUT2D eigenvalue weighted by molar-refractivity contribution is -0.0403. The summed E-state index contributed by atoms with van der Waals surface area (Å²) in [5, 5.41) is 9.48. The quantitative estimate of drug-likeness (QED) is 0.660. The van der Waals surface area contributed by atoms with Crippen LogP contribution in [0.4, 0.5) is 0 Å². The van der Waals surface area contributed by atoms with Crippen LogP contribution in [0.15, 0.2) is 0 Å². The Labute approximate surface area is 79.4 Å². The fourth-order valence-corrected chi connectivity index (χ4v) is 1.60. The molecule has 0 aromatic rings. The number of hydrogen-bond acceptors (Lipinski definition) is 4. The SMILES string of the molecule is COC[C@H](O)CN1CCO[C@@H](C)C1. The predicted octanol–water partition coefficient (Wildman–Crippen LogP) is -0.286. The molecule has 0 bridgehead atoms. The molecule has 1 fully saturated rings. The van der Waals surface area contributed by atoms with Gasteiger partial charge < -0.3 is 14.6 Å². The van der Waals surface area contributed by atoms with Gasteiger partial charge in [0.1, 0.15) is 0 Å². The van der Waals surface area contributed by atoms with E-state index in [1.165, 1.54) is 0 Å². The molecule has 1 aliphatic rings. The van der Waals surface area contributed by atoms with Gasteiger partial charge in [-0.2, -0.15) is 0 Å². The molecule has 1 aliphatic heterocycles. The van der Waals surface area contributed by atoms with E-state index in [2.05, 4.69) is 11.8 Å². The van der Waals surface area contributed by atoms with Gasteiger partial charge in [0.05, 0.1) is 25.4 Å². The van der Waals surface area contributed by atoms with Crippen LogP contribution in [0.5, 0.6) is 0 Å². The molecule has 0 unspecified atom stereocenters. The van der Waals surface area contributed by atoms with Crippen LogP contribution in [0.25, 0.3) is 0 Å². The summed E-state index contributed by atoms with van der Waals surface area (Å²) < 4.78 is 10.3. The summed E-state index contributed by atoms with van der Waals surface area (Å²) in [4.78, 5) is 2.21. The summed E-state index contributed by atoms with van der Waals surface area (Å²) in [5.41, 5.74) is 0. The molecule has 1 saturated heterocycles. The maximum Gasteiger partial charge on any atom is 0.0900 e. The number of morpholine rings is 1. The molecule has 0 aromatic carbocycles. The fraction of sp³-hybridized carbons (Fsp3) is 1.00. The minimum Gasteiger partial charge on any atom is -0.389 e. The monoisotopic (exact) mass is 189 g/mol. The first-order valence-corrected chi connectivity index (χ1v) is 4.73. The molecule has 0 aromatic heterocycles. The third-order valence-electron chi connectivity index (χ3n) is 2.15. The molecule has 2 atom stereocenters. The van der Waals surface area contributed by atoms with Gasteiger partial charge in [-0.25, -0.2) is 0 Å². The highest BCUT2D eigenvalue weighted by Crippen LogP contribution is 2.04. The van der Waals surface area contributed by atoms with Crippen molar-refractivity contribution in [1.82, 2.24) is 4.90 Å². The predicted molar refractivity (Wildman–Crippen MR) is 49.7 cm³/mol. The third kappa shape index (κ3) is 4.04. The van der Waals surface area contributed by atoms with Crippen molar-refractivity contribution in [3.05, 3.63) is 0 Å². The molecule has 13 heavy (non-hydrogen) atoms. The molecule has 1 heterocycles. The van der Waals surface area contributed by atoms with E-state index in [9.17, 15) is 5.11 Å². The van der Waals surface area contributed by atoms with Gasteiger partial charge >= 0.3 is 0 Å². The second-order valence-corrected chi connectivity index (χ2v) is 3.55. The second kappa shape index (κ2) is 5.54. The zero-order valence-corrected chi connectivity index (χ0v) is 8.40. The van der Waals surface area contributed by atoms with E-state index < -0.39 is 0 Å². The Bertz CT molecular complexity index is 143. The van der Waals surface area contributed by atoms with Crippen LogP contribution in [-0.4, -0.2) is 62.2 Å². The van der Waals surface area contributed by atoms with E-state index in [0.29, 0.717) is 13.2 Å². The van der Waals surface area contributed by atoms with E-state index in [-0.39, 0.29) is 12.2 Å². The first-order chi connectivity index (χ1) is 6.22. The van der Waals surface area contributed by atoms with Crippen LogP contribution in [0, 0.1) is 0 Å². The number of aliphatic hydroxyl groups excluding tert-OH is 1.